The Labute approximate surface area is 95.8 Å². The molecule has 0 saturated carbocycles. The van der Waals surface area contributed by atoms with Gasteiger partial charge >= 0.3 is 0 Å². The molecule has 0 radical (unpaired) electrons. The standard InChI is InChI=1S/C11H19N3O2/c1-3-9-7-14(5-6-15-9)8-11-12-10(4-2)13-16-11/h9H,3-8H2,1-2H3. The van der Waals surface area contributed by atoms with Gasteiger partial charge < -0.3 is 9.26 Å². The number of aryl methyl sites for hydroxylation is 1. The van der Waals surface area contributed by atoms with E-state index in [1.807, 2.05) is 6.92 Å². The number of aromatic nitrogens is 2. The molecule has 1 aromatic heterocycles. The van der Waals surface area contributed by atoms with Crippen LogP contribution in [0, 0.1) is 0 Å². The summed E-state index contributed by atoms with van der Waals surface area (Å²) in [5.74, 6) is 1.50. The highest BCUT2D eigenvalue weighted by Gasteiger charge is 2.20. The lowest BCUT2D eigenvalue weighted by Crippen LogP contribution is -2.41. The summed E-state index contributed by atoms with van der Waals surface area (Å²) in [5.41, 5.74) is 0. The van der Waals surface area contributed by atoms with E-state index in [0.717, 1.165) is 44.9 Å². The summed E-state index contributed by atoms with van der Waals surface area (Å²) < 4.78 is 10.8. The largest absolute Gasteiger partial charge is 0.376 e. The quantitative estimate of drug-likeness (QED) is 0.771. The summed E-state index contributed by atoms with van der Waals surface area (Å²) in [7, 11) is 0. The third-order valence-corrected chi connectivity index (χ3v) is 2.86. The van der Waals surface area contributed by atoms with Crippen LogP contribution in [0.15, 0.2) is 4.52 Å². The van der Waals surface area contributed by atoms with E-state index in [1.165, 1.54) is 0 Å². The van der Waals surface area contributed by atoms with Crippen molar-refractivity contribution in [1.29, 1.82) is 0 Å². The number of rotatable bonds is 4. The topological polar surface area (TPSA) is 51.4 Å². The highest BCUT2D eigenvalue weighted by molar-refractivity contribution is 4.86. The van der Waals surface area contributed by atoms with Gasteiger partial charge in [0.1, 0.15) is 0 Å². The SMILES string of the molecule is CCc1noc(CN2CCOC(CC)C2)n1. The van der Waals surface area contributed by atoms with Crippen LogP contribution in [0.25, 0.3) is 0 Å². The second-order valence-electron chi connectivity index (χ2n) is 4.09. The number of ether oxygens (including phenoxy) is 1. The van der Waals surface area contributed by atoms with Gasteiger partial charge in [-0.05, 0) is 6.42 Å². The summed E-state index contributed by atoms with van der Waals surface area (Å²) in [4.78, 5) is 6.62. The molecule has 90 valence electrons. The lowest BCUT2D eigenvalue weighted by atomic mass is 10.2. The van der Waals surface area contributed by atoms with Gasteiger partial charge in [-0.25, -0.2) is 0 Å². The fourth-order valence-corrected chi connectivity index (χ4v) is 1.86. The number of hydrogen-bond acceptors (Lipinski definition) is 5. The molecule has 1 atom stereocenters. The Morgan fingerprint density at radius 3 is 3.00 bits per heavy atom. The molecule has 1 aromatic rings. The van der Waals surface area contributed by atoms with E-state index >= 15 is 0 Å². The Bertz CT molecular complexity index is 327. The van der Waals surface area contributed by atoms with Crippen LogP contribution >= 0.6 is 0 Å². The summed E-state index contributed by atoms with van der Waals surface area (Å²) in [6.45, 7) is 7.62. The zero-order chi connectivity index (χ0) is 11.4. The highest BCUT2D eigenvalue weighted by atomic mass is 16.5. The van der Waals surface area contributed by atoms with E-state index in [-0.39, 0.29) is 0 Å². The molecule has 0 bridgehead atoms. The molecule has 0 spiro atoms. The van der Waals surface area contributed by atoms with Crippen molar-refractivity contribution >= 4 is 0 Å². The first kappa shape index (κ1) is 11.5. The molecular formula is C11H19N3O2. The van der Waals surface area contributed by atoms with Gasteiger partial charge in [-0.15, -0.1) is 0 Å². The van der Waals surface area contributed by atoms with Gasteiger partial charge in [-0.1, -0.05) is 19.0 Å². The predicted octanol–water partition coefficient (Wildman–Crippen LogP) is 1.24. The lowest BCUT2D eigenvalue weighted by Gasteiger charge is -2.31. The van der Waals surface area contributed by atoms with E-state index in [1.54, 1.807) is 0 Å². The minimum Gasteiger partial charge on any atom is -0.376 e. The first-order valence-electron chi connectivity index (χ1n) is 5.97. The van der Waals surface area contributed by atoms with Crippen LogP contribution in [0.2, 0.25) is 0 Å². The second-order valence-corrected chi connectivity index (χ2v) is 4.09. The summed E-state index contributed by atoms with van der Waals surface area (Å²) in [6, 6.07) is 0. The van der Waals surface area contributed by atoms with Crippen molar-refractivity contribution in [3.63, 3.8) is 0 Å². The van der Waals surface area contributed by atoms with Crippen molar-refractivity contribution < 1.29 is 9.26 Å². The predicted molar refractivity (Wildman–Crippen MR) is 59.0 cm³/mol. The molecule has 1 aliphatic rings. The molecule has 1 aliphatic heterocycles. The minimum atomic E-state index is 0.349. The highest BCUT2D eigenvalue weighted by Crippen LogP contribution is 2.11. The molecular weight excluding hydrogens is 206 g/mol. The van der Waals surface area contributed by atoms with Crippen LogP contribution in [0.5, 0.6) is 0 Å². The number of morpholine rings is 1. The molecule has 1 fully saturated rings. The Hall–Kier alpha value is -0.940. The van der Waals surface area contributed by atoms with Gasteiger partial charge in [0.2, 0.25) is 5.89 Å². The Morgan fingerprint density at radius 2 is 2.31 bits per heavy atom. The number of hydrogen-bond donors (Lipinski definition) is 0. The van der Waals surface area contributed by atoms with Gasteiger partial charge in [0.15, 0.2) is 5.82 Å². The zero-order valence-corrected chi connectivity index (χ0v) is 9.98. The fraction of sp³-hybridized carbons (Fsp3) is 0.818. The van der Waals surface area contributed by atoms with E-state index in [0.29, 0.717) is 12.0 Å². The molecule has 5 nitrogen and oxygen atoms in total. The maximum atomic E-state index is 5.61. The van der Waals surface area contributed by atoms with Crippen molar-refractivity contribution in [3.05, 3.63) is 11.7 Å². The zero-order valence-electron chi connectivity index (χ0n) is 9.98. The first-order chi connectivity index (χ1) is 7.81. The monoisotopic (exact) mass is 225 g/mol. The molecule has 2 rings (SSSR count). The third-order valence-electron chi connectivity index (χ3n) is 2.86. The van der Waals surface area contributed by atoms with Crippen LogP contribution < -0.4 is 0 Å². The van der Waals surface area contributed by atoms with E-state index in [9.17, 15) is 0 Å². The average Bonchev–Trinajstić information content (AvgIpc) is 2.77. The van der Waals surface area contributed by atoms with Crippen molar-refractivity contribution in [2.24, 2.45) is 0 Å². The Balaban J connectivity index is 1.88. The molecule has 5 heteroatoms. The van der Waals surface area contributed by atoms with Crippen LogP contribution in [0.3, 0.4) is 0 Å². The molecule has 1 unspecified atom stereocenters. The number of nitrogens with zero attached hydrogens (tertiary/aromatic N) is 3. The van der Waals surface area contributed by atoms with E-state index < -0.39 is 0 Å². The van der Waals surface area contributed by atoms with Gasteiger partial charge in [-0.3, -0.25) is 4.90 Å². The second kappa shape index (κ2) is 5.41. The molecule has 16 heavy (non-hydrogen) atoms. The summed E-state index contributed by atoms with van der Waals surface area (Å²) in [5, 5.41) is 3.90. The minimum absolute atomic E-state index is 0.349. The maximum Gasteiger partial charge on any atom is 0.240 e. The lowest BCUT2D eigenvalue weighted by molar-refractivity contribution is -0.0350. The van der Waals surface area contributed by atoms with Crippen LogP contribution in [0.4, 0.5) is 0 Å². The fourth-order valence-electron chi connectivity index (χ4n) is 1.86. The molecule has 0 N–H and O–H groups in total. The van der Waals surface area contributed by atoms with E-state index in [4.69, 9.17) is 9.26 Å². The van der Waals surface area contributed by atoms with Crippen LogP contribution in [-0.2, 0) is 17.7 Å². The van der Waals surface area contributed by atoms with Crippen molar-refractivity contribution in [3.8, 4) is 0 Å². The van der Waals surface area contributed by atoms with Gasteiger partial charge in [0.05, 0.1) is 19.3 Å². The van der Waals surface area contributed by atoms with Crippen molar-refractivity contribution in [2.45, 2.75) is 39.3 Å². The summed E-state index contributed by atoms with van der Waals surface area (Å²) in [6.07, 6.45) is 2.23. The molecule has 0 amide bonds. The molecule has 0 aliphatic carbocycles. The molecule has 1 saturated heterocycles. The van der Waals surface area contributed by atoms with E-state index in [2.05, 4.69) is 22.0 Å². The van der Waals surface area contributed by atoms with Gasteiger partial charge in [0.25, 0.3) is 0 Å². The molecule has 0 aromatic carbocycles. The average molecular weight is 225 g/mol. The Kier molecular flexibility index (Phi) is 3.90. The smallest absolute Gasteiger partial charge is 0.240 e. The van der Waals surface area contributed by atoms with Gasteiger partial charge in [-0.2, -0.15) is 4.98 Å². The van der Waals surface area contributed by atoms with Gasteiger partial charge in [0, 0.05) is 19.5 Å². The first-order valence-corrected chi connectivity index (χ1v) is 5.97. The Morgan fingerprint density at radius 1 is 1.44 bits per heavy atom. The normalized spacial score (nSPS) is 22.5. The maximum absolute atomic E-state index is 5.61. The van der Waals surface area contributed by atoms with Crippen LogP contribution in [-0.4, -0.2) is 40.8 Å². The molecule has 2 heterocycles. The summed E-state index contributed by atoms with van der Waals surface area (Å²) >= 11 is 0. The van der Waals surface area contributed by atoms with Crippen LogP contribution in [0.1, 0.15) is 32.0 Å². The van der Waals surface area contributed by atoms with Crippen molar-refractivity contribution in [1.82, 2.24) is 15.0 Å². The third kappa shape index (κ3) is 2.80. The van der Waals surface area contributed by atoms with Crippen molar-refractivity contribution in [2.75, 3.05) is 19.7 Å².